The van der Waals surface area contributed by atoms with Crippen molar-refractivity contribution in [3.05, 3.63) is 0 Å². The molecule has 0 unspecified atom stereocenters. The van der Waals surface area contributed by atoms with Crippen molar-refractivity contribution in [2.24, 2.45) is 0 Å². The first-order valence-electron chi connectivity index (χ1n) is 4.65. The minimum Gasteiger partial charge on any atom is -0.435 e. The van der Waals surface area contributed by atoms with Crippen LogP contribution < -0.4 is 0 Å². The molecule has 0 spiro atoms. The Balaban J connectivity index is 2.17. The SMILES string of the molecule is CCOC(=O)OC[C@H]1COC(C)(C)O1. The number of ether oxygens (including phenoxy) is 4. The van der Waals surface area contributed by atoms with Crippen molar-refractivity contribution in [2.45, 2.75) is 32.7 Å². The topological polar surface area (TPSA) is 54.0 Å². The van der Waals surface area contributed by atoms with Crippen molar-refractivity contribution in [3.8, 4) is 0 Å². The highest BCUT2D eigenvalue weighted by molar-refractivity contribution is 5.59. The minimum atomic E-state index is -0.666. The highest BCUT2D eigenvalue weighted by atomic mass is 16.8. The second-order valence-corrected chi connectivity index (χ2v) is 3.44. The third kappa shape index (κ3) is 3.51. The first-order valence-corrected chi connectivity index (χ1v) is 4.65. The van der Waals surface area contributed by atoms with Gasteiger partial charge in [0.1, 0.15) is 12.7 Å². The summed E-state index contributed by atoms with van der Waals surface area (Å²) in [5.74, 6) is -0.581. The van der Waals surface area contributed by atoms with Gasteiger partial charge in [0.05, 0.1) is 13.2 Å². The molecule has 0 radical (unpaired) electrons. The van der Waals surface area contributed by atoms with E-state index in [4.69, 9.17) is 14.2 Å². The molecule has 0 aromatic rings. The van der Waals surface area contributed by atoms with E-state index >= 15 is 0 Å². The number of hydrogen-bond donors (Lipinski definition) is 0. The Morgan fingerprint density at radius 1 is 1.50 bits per heavy atom. The summed E-state index contributed by atoms with van der Waals surface area (Å²) in [5, 5.41) is 0. The van der Waals surface area contributed by atoms with Crippen LogP contribution in [-0.2, 0) is 18.9 Å². The van der Waals surface area contributed by atoms with Crippen LogP contribution >= 0.6 is 0 Å². The highest BCUT2D eigenvalue weighted by Crippen LogP contribution is 2.22. The van der Waals surface area contributed by atoms with Crippen LogP contribution in [0.15, 0.2) is 0 Å². The summed E-state index contributed by atoms with van der Waals surface area (Å²) in [6.45, 7) is 6.27. The molecule has 0 amide bonds. The molecule has 1 rings (SSSR count). The lowest BCUT2D eigenvalue weighted by atomic mass is 10.4. The largest absolute Gasteiger partial charge is 0.508 e. The predicted molar refractivity (Wildman–Crippen MR) is 47.9 cm³/mol. The van der Waals surface area contributed by atoms with Gasteiger partial charge in [0, 0.05) is 0 Å². The van der Waals surface area contributed by atoms with Gasteiger partial charge in [0.15, 0.2) is 5.79 Å². The van der Waals surface area contributed by atoms with Gasteiger partial charge >= 0.3 is 6.16 Å². The summed E-state index contributed by atoms with van der Waals surface area (Å²) >= 11 is 0. The first kappa shape index (κ1) is 11.3. The van der Waals surface area contributed by atoms with Crippen molar-refractivity contribution in [2.75, 3.05) is 19.8 Å². The smallest absolute Gasteiger partial charge is 0.435 e. The van der Waals surface area contributed by atoms with Gasteiger partial charge in [-0.3, -0.25) is 0 Å². The number of rotatable bonds is 3. The summed E-state index contributed by atoms with van der Waals surface area (Å²) in [6.07, 6.45) is -0.866. The van der Waals surface area contributed by atoms with Crippen molar-refractivity contribution < 1.29 is 23.7 Å². The minimum absolute atomic E-state index is 0.169. The summed E-state index contributed by atoms with van der Waals surface area (Å²) in [5.41, 5.74) is 0. The monoisotopic (exact) mass is 204 g/mol. The van der Waals surface area contributed by atoms with Gasteiger partial charge in [-0.1, -0.05) is 0 Å². The molecule has 5 nitrogen and oxygen atoms in total. The van der Waals surface area contributed by atoms with Gasteiger partial charge < -0.3 is 18.9 Å². The van der Waals surface area contributed by atoms with Gasteiger partial charge in [-0.15, -0.1) is 0 Å². The molecule has 14 heavy (non-hydrogen) atoms. The van der Waals surface area contributed by atoms with Crippen LogP contribution in [0.5, 0.6) is 0 Å². The van der Waals surface area contributed by atoms with E-state index in [9.17, 15) is 4.79 Å². The van der Waals surface area contributed by atoms with Crippen LogP contribution in [0.25, 0.3) is 0 Å². The summed E-state index contributed by atoms with van der Waals surface area (Å²) < 4.78 is 20.1. The Morgan fingerprint density at radius 3 is 2.71 bits per heavy atom. The zero-order chi connectivity index (χ0) is 10.6. The Bertz CT molecular complexity index is 201. The molecule has 0 N–H and O–H groups in total. The molecule has 0 saturated carbocycles. The molecule has 82 valence electrons. The van der Waals surface area contributed by atoms with Crippen molar-refractivity contribution in [1.82, 2.24) is 0 Å². The van der Waals surface area contributed by atoms with Crippen LogP contribution in [0.3, 0.4) is 0 Å². The zero-order valence-corrected chi connectivity index (χ0v) is 8.74. The van der Waals surface area contributed by atoms with E-state index in [1.54, 1.807) is 6.92 Å². The molecule has 0 aliphatic carbocycles. The molecule has 0 aromatic carbocycles. The lowest BCUT2D eigenvalue weighted by Gasteiger charge is -2.16. The lowest BCUT2D eigenvalue weighted by Crippen LogP contribution is -2.25. The quantitative estimate of drug-likeness (QED) is 0.649. The van der Waals surface area contributed by atoms with E-state index in [-0.39, 0.29) is 12.7 Å². The highest BCUT2D eigenvalue weighted by Gasteiger charge is 2.33. The van der Waals surface area contributed by atoms with Gasteiger partial charge in [-0.2, -0.15) is 0 Å². The summed E-state index contributed by atoms with van der Waals surface area (Å²) in [6, 6.07) is 0. The fraction of sp³-hybridized carbons (Fsp3) is 0.889. The molecule has 1 aliphatic rings. The van der Waals surface area contributed by atoms with Crippen molar-refractivity contribution in [1.29, 1.82) is 0 Å². The Hall–Kier alpha value is -0.810. The van der Waals surface area contributed by atoms with Crippen LogP contribution in [0.4, 0.5) is 4.79 Å². The summed E-state index contributed by atoms with van der Waals surface area (Å²) in [7, 11) is 0. The van der Waals surface area contributed by atoms with Crippen LogP contribution in [0, 0.1) is 0 Å². The number of carbonyl (C=O) groups is 1. The van der Waals surface area contributed by atoms with Crippen molar-refractivity contribution >= 4 is 6.16 Å². The summed E-state index contributed by atoms with van der Waals surface area (Å²) in [4.78, 5) is 10.8. The first-order chi connectivity index (χ1) is 6.53. The maximum Gasteiger partial charge on any atom is 0.508 e. The van der Waals surface area contributed by atoms with Crippen LogP contribution in [0.2, 0.25) is 0 Å². The molecule has 0 bridgehead atoms. The molecule has 1 saturated heterocycles. The Kier molecular flexibility index (Phi) is 3.71. The van der Waals surface area contributed by atoms with Gasteiger partial charge in [0.25, 0.3) is 0 Å². The zero-order valence-electron chi connectivity index (χ0n) is 8.74. The lowest BCUT2D eigenvalue weighted by molar-refractivity contribution is -0.143. The third-order valence-electron chi connectivity index (χ3n) is 1.72. The molecule has 1 heterocycles. The second-order valence-electron chi connectivity index (χ2n) is 3.44. The average Bonchev–Trinajstić information content (AvgIpc) is 2.43. The number of carbonyl (C=O) groups excluding carboxylic acids is 1. The molecular weight excluding hydrogens is 188 g/mol. The maximum atomic E-state index is 10.8. The van der Waals surface area contributed by atoms with Crippen LogP contribution in [-0.4, -0.2) is 37.9 Å². The van der Waals surface area contributed by atoms with Gasteiger partial charge in [0.2, 0.25) is 0 Å². The van der Waals surface area contributed by atoms with E-state index in [0.717, 1.165) is 0 Å². The Morgan fingerprint density at radius 2 is 2.21 bits per heavy atom. The van der Waals surface area contributed by atoms with E-state index in [1.807, 2.05) is 13.8 Å². The molecular formula is C9H16O5. The molecule has 1 fully saturated rings. The van der Waals surface area contributed by atoms with E-state index in [0.29, 0.717) is 13.2 Å². The van der Waals surface area contributed by atoms with Crippen molar-refractivity contribution in [3.63, 3.8) is 0 Å². The fourth-order valence-electron chi connectivity index (χ4n) is 1.17. The van der Waals surface area contributed by atoms with E-state index in [2.05, 4.69) is 4.74 Å². The number of hydrogen-bond acceptors (Lipinski definition) is 5. The standard InChI is InChI=1S/C9H16O5/c1-4-11-8(10)12-5-7-6-13-9(2,3)14-7/h7H,4-6H2,1-3H3/t7-/m0/s1. The molecule has 1 aliphatic heterocycles. The average molecular weight is 204 g/mol. The normalized spacial score (nSPS) is 24.6. The molecule has 5 heteroatoms. The maximum absolute atomic E-state index is 10.8. The van der Waals surface area contributed by atoms with E-state index in [1.165, 1.54) is 0 Å². The van der Waals surface area contributed by atoms with Gasteiger partial charge in [-0.05, 0) is 20.8 Å². The fourth-order valence-corrected chi connectivity index (χ4v) is 1.17. The van der Waals surface area contributed by atoms with Crippen LogP contribution in [0.1, 0.15) is 20.8 Å². The second kappa shape index (κ2) is 4.61. The third-order valence-corrected chi connectivity index (χ3v) is 1.72. The Labute approximate surface area is 83.3 Å². The predicted octanol–water partition coefficient (Wildman–Crippen LogP) is 1.31. The van der Waals surface area contributed by atoms with Gasteiger partial charge in [-0.25, -0.2) is 4.79 Å². The molecule has 0 aromatic heterocycles. The van der Waals surface area contributed by atoms with E-state index < -0.39 is 11.9 Å². The molecule has 1 atom stereocenters.